The van der Waals surface area contributed by atoms with E-state index >= 15 is 0 Å². The van der Waals surface area contributed by atoms with Crippen molar-refractivity contribution >= 4 is 15.9 Å². The van der Waals surface area contributed by atoms with Crippen molar-refractivity contribution in [3.05, 3.63) is 24.3 Å². The monoisotopic (exact) mass is 384 g/mol. The molecule has 0 unspecified atom stereocenters. The standard InChI is InChI=1S/C19H29BrO3/c20-13-9-5-3-1-2-4-6-10-14-21-15-17-16-22-18-11-7-8-12-19(18)23-17/h7-8,11-12,17H,1-6,9-10,13-16H2/t17-/m0/s1. The predicted molar refractivity (Wildman–Crippen MR) is 97.9 cm³/mol. The summed E-state index contributed by atoms with van der Waals surface area (Å²) in [6, 6.07) is 7.80. The van der Waals surface area contributed by atoms with E-state index < -0.39 is 0 Å². The number of para-hydroxylation sites is 2. The number of unbranched alkanes of at least 4 members (excludes halogenated alkanes) is 7. The average molecular weight is 385 g/mol. The van der Waals surface area contributed by atoms with Gasteiger partial charge in [-0.2, -0.15) is 0 Å². The molecular weight excluding hydrogens is 356 g/mol. The van der Waals surface area contributed by atoms with Gasteiger partial charge in [-0.15, -0.1) is 0 Å². The summed E-state index contributed by atoms with van der Waals surface area (Å²) in [5.41, 5.74) is 0. The van der Waals surface area contributed by atoms with Crippen molar-refractivity contribution < 1.29 is 14.2 Å². The van der Waals surface area contributed by atoms with Crippen LogP contribution < -0.4 is 9.47 Å². The first kappa shape index (κ1) is 18.6. The molecular formula is C19H29BrO3. The van der Waals surface area contributed by atoms with Crippen LogP contribution in [0.15, 0.2) is 24.3 Å². The van der Waals surface area contributed by atoms with E-state index in [-0.39, 0.29) is 6.10 Å². The Morgan fingerprint density at radius 2 is 1.57 bits per heavy atom. The topological polar surface area (TPSA) is 27.7 Å². The minimum Gasteiger partial charge on any atom is -0.486 e. The molecule has 0 N–H and O–H groups in total. The SMILES string of the molecule is BrCCCCCCCCCCOC[C@H]1COc2ccccc2O1. The first-order valence-corrected chi connectivity index (χ1v) is 10.0. The lowest BCUT2D eigenvalue weighted by Crippen LogP contribution is -2.33. The lowest BCUT2D eigenvalue weighted by molar-refractivity contribution is 0.00778. The Bertz CT molecular complexity index is 425. The van der Waals surface area contributed by atoms with Crippen molar-refractivity contribution in [2.75, 3.05) is 25.2 Å². The first-order valence-electron chi connectivity index (χ1n) is 8.92. The fraction of sp³-hybridized carbons (Fsp3) is 0.684. The van der Waals surface area contributed by atoms with Gasteiger partial charge < -0.3 is 14.2 Å². The highest BCUT2D eigenvalue weighted by atomic mass is 79.9. The number of benzene rings is 1. The van der Waals surface area contributed by atoms with Crippen molar-refractivity contribution in [3.8, 4) is 11.5 Å². The molecule has 1 heterocycles. The summed E-state index contributed by atoms with van der Waals surface area (Å²) >= 11 is 3.47. The second-order valence-corrected chi connectivity index (χ2v) is 6.88. The third-order valence-corrected chi connectivity index (χ3v) is 4.60. The second-order valence-electron chi connectivity index (χ2n) is 6.09. The van der Waals surface area contributed by atoms with Crippen molar-refractivity contribution in [2.45, 2.75) is 57.5 Å². The summed E-state index contributed by atoms with van der Waals surface area (Å²) in [5.74, 6) is 1.66. The molecule has 0 spiro atoms. The molecule has 0 saturated heterocycles. The largest absolute Gasteiger partial charge is 0.486 e. The number of ether oxygens (including phenoxy) is 3. The maximum atomic E-state index is 5.87. The van der Waals surface area contributed by atoms with Crippen molar-refractivity contribution in [1.82, 2.24) is 0 Å². The number of rotatable bonds is 12. The highest BCUT2D eigenvalue weighted by Crippen LogP contribution is 2.30. The molecule has 2 rings (SSSR count). The molecule has 1 atom stereocenters. The molecule has 0 aliphatic carbocycles. The van der Waals surface area contributed by atoms with Crippen molar-refractivity contribution in [3.63, 3.8) is 0 Å². The minimum atomic E-state index is 0.0133. The number of hydrogen-bond acceptors (Lipinski definition) is 3. The van der Waals surface area contributed by atoms with Crippen LogP contribution in [0.1, 0.15) is 51.4 Å². The quantitative estimate of drug-likeness (QED) is 0.358. The fourth-order valence-electron chi connectivity index (χ4n) is 2.72. The van der Waals surface area contributed by atoms with Gasteiger partial charge in [-0.05, 0) is 25.0 Å². The van der Waals surface area contributed by atoms with Gasteiger partial charge in [-0.25, -0.2) is 0 Å². The minimum absolute atomic E-state index is 0.0133. The lowest BCUT2D eigenvalue weighted by Gasteiger charge is -2.26. The van der Waals surface area contributed by atoms with Gasteiger partial charge >= 0.3 is 0 Å². The molecule has 0 aromatic heterocycles. The Hall–Kier alpha value is -0.740. The first-order chi connectivity index (χ1) is 11.4. The Kier molecular flexibility index (Phi) is 9.49. The van der Waals surface area contributed by atoms with Gasteiger partial charge in [0.05, 0.1) is 6.61 Å². The van der Waals surface area contributed by atoms with Crippen molar-refractivity contribution in [1.29, 1.82) is 0 Å². The smallest absolute Gasteiger partial charge is 0.161 e. The van der Waals surface area contributed by atoms with Crippen LogP contribution in [-0.2, 0) is 4.74 Å². The van der Waals surface area contributed by atoms with Gasteiger partial charge in [-0.1, -0.05) is 66.6 Å². The van der Waals surface area contributed by atoms with E-state index in [1.54, 1.807) is 0 Å². The van der Waals surface area contributed by atoms with Gasteiger partial charge in [0.2, 0.25) is 0 Å². The molecule has 0 fully saturated rings. The molecule has 0 bridgehead atoms. The molecule has 23 heavy (non-hydrogen) atoms. The van der Waals surface area contributed by atoms with Crippen LogP contribution in [0.4, 0.5) is 0 Å². The van der Waals surface area contributed by atoms with E-state index in [4.69, 9.17) is 14.2 Å². The Balaban J connectivity index is 1.41. The maximum Gasteiger partial charge on any atom is 0.161 e. The molecule has 130 valence electrons. The van der Waals surface area contributed by atoms with Gasteiger partial charge in [0.15, 0.2) is 17.6 Å². The summed E-state index contributed by atoms with van der Waals surface area (Å²) in [6.45, 7) is 2.01. The summed E-state index contributed by atoms with van der Waals surface area (Å²) in [5, 5.41) is 1.14. The van der Waals surface area contributed by atoms with Gasteiger partial charge in [0.25, 0.3) is 0 Å². The molecule has 0 amide bonds. The molecule has 3 nitrogen and oxygen atoms in total. The van der Waals surface area contributed by atoms with E-state index in [0.29, 0.717) is 13.2 Å². The van der Waals surface area contributed by atoms with Crippen molar-refractivity contribution in [2.24, 2.45) is 0 Å². The summed E-state index contributed by atoms with van der Waals surface area (Å²) in [7, 11) is 0. The molecule has 4 heteroatoms. The molecule has 0 radical (unpaired) electrons. The van der Waals surface area contributed by atoms with Crippen LogP contribution in [0.3, 0.4) is 0 Å². The maximum absolute atomic E-state index is 5.87. The Morgan fingerprint density at radius 1 is 0.913 bits per heavy atom. The van der Waals surface area contributed by atoms with Gasteiger partial charge in [0.1, 0.15) is 6.61 Å². The summed E-state index contributed by atoms with van der Waals surface area (Å²) in [6.07, 6.45) is 10.5. The molecule has 1 aliphatic heterocycles. The Labute approximate surface area is 148 Å². The zero-order valence-corrected chi connectivity index (χ0v) is 15.6. The highest BCUT2D eigenvalue weighted by molar-refractivity contribution is 9.09. The lowest BCUT2D eigenvalue weighted by atomic mass is 10.1. The van der Waals surface area contributed by atoms with Crippen LogP contribution in [-0.4, -0.2) is 31.3 Å². The van der Waals surface area contributed by atoms with E-state index in [9.17, 15) is 0 Å². The van der Waals surface area contributed by atoms with Gasteiger partial charge in [0, 0.05) is 11.9 Å². The second kappa shape index (κ2) is 11.7. The number of fused-ring (bicyclic) bond motifs is 1. The van der Waals surface area contributed by atoms with E-state index in [1.807, 2.05) is 24.3 Å². The van der Waals surface area contributed by atoms with Crippen LogP contribution >= 0.6 is 15.9 Å². The zero-order valence-electron chi connectivity index (χ0n) is 14.0. The van der Waals surface area contributed by atoms with Crippen LogP contribution in [0.5, 0.6) is 11.5 Å². The molecule has 0 saturated carbocycles. The number of halogens is 1. The van der Waals surface area contributed by atoms with Crippen LogP contribution in [0.25, 0.3) is 0 Å². The predicted octanol–water partition coefficient (Wildman–Crippen LogP) is 5.36. The highest BCUT2D eigenvalue weighted by Gasteiger charge is 2.20. The van der Waals surface area contributed by atoms with E-state index in [2.05, 4.69) is 15.9 Å². The number of alkyl halides is 1. The van der Waals surface area contributed by atoms with Crippen LogP contribution in [0.2, 0.25) is 0 Å². The summed E-state index contributed by atoms with van der Waals surface area (Å²) < 4.78 is 17.3. The molecule has 1 aromatic rings. The third-order valence-electron chi connectivity index (χ3n) is 4.04. The fourth-order valence-corrected chi connectivity index (χ4v) is 3.12. The number of hydrogen-bond donors (Lipinski definition) is 0. The normalized spacial score (nSPS) is 16.5. The van der Waals surface area contributed by atoms with E-state index in [1.165, 1.54) is 44.9 Å². The van der Waals surface area contributed by atoms with E-state index in [0.717, 1.165) is 29.9 Å². The Morgan fingerprint density at radius 3 is 2.30 bits per heavy atom. The van der Waals surface area contributed by atoms with Gasteiger partial charge in [-0.3, -0.25) is 0 Å². The molecule has 1 aromatic carbocycles. The average Bonchev–Trinajstić information content (AvgIpc) is 2.59. The third kappa shape index (κ3) is 7.58. The molecule has 1 aliphatic rings. The summed E-state index contributed by atoms with van der Waals surface area (Å²) in [4.78, 5) is 0. The zero-order chi connectivity index (χ0) is 16.2. The van der Waals surface area contributed by atoms with Crippen LogP contribution in [0, 0.1) is 0 Å².